The van der Waals surface area contributed by atoms with Gasteiger partial charge in [-0.25, -0.2) is 19.9 Å². The van der Waals surface area contributed by atoms with E-state index in [9.17, 15) is 0 Å². The first-order chi connectivity index (χ1) is 12.5. The quantitative estimate of drug-likeness (QED) is 0.653. The Kier molecular flexibility index (Phi) is 4.66. The van der Waals surface area contributed by atoms with Crippen LogP contribution in [0, 0.1) is 6.92 Å². The van der Waals surface area contributed by atoms with E-state index >= 15 is 0 Å². The zero-order valence-electron chi connectivity index (χ0n) is 17.6. The number of nitrogens with zero attached hydrogens (tertiary/aromatic N) is 5. The summed E-state index contributed by atoms with van der Waals surface area (Å²) < 4.78 is 2.09. The number of benzene rings is 1. The Balaban J connectivity index is 2.16. The van der Waals surface area contributed by atoms with Crippen LogP contribution >= 0.6 is 0 Å². The summed E-state index contributed by atoms with van der Waals surface area (Å²) >= 11 is 0. The summed E-state index contributed by atoms with van der Waals surface area (Å²) in [4.78, 5) is 18.9. The molecule has 0 fully saturated rings. The molecule has 0 aliphatic heterocycles. The maximum atomic E-state index is 4.80. The highest BCUT2D eigenvalue weighted by atomic mass is 15.1. The zero-order valence-corrected chi connectivity index (χ0v) is 17.6. The summed E-state index contributed by atoms with van der Waals surface area (Å²) in [6.45, 7) is 14.8. The minimum Gasteiger partial charge on any atom is -0.331 e. The number of hydrogen-bond acceptors (Lipinski definition) is 4. The van der Waals surface area contributed by atoms with Crippen molar-refractivity contribution >= 4 is 0 Å². The fraction of sp³-hybridized carbons (Fsp3) is 0.455. The summed E-state index contributed by atoms with van der Waals surface area (Å²) in [5.41, 5.74) is 2.86. The molecule has 0 amide bonds. The molecule has 2 heterocycles. The van der Waals surface area contributed by atoms with E-state index in [4.69, 9.17) is 15.0 Å². The number of aryl methyl sites for hydroxylation is 1. The van der Waals surface area contributed by atoms with Gasteiger partial charge in [-0.1, -0.05) is 59.7 Å². The Labute approximate surface area is 161 Å². The van der Waals surface area contributed by atoms with E-state index in [0.717, 1.165) is 34.3 Å². The van der Waals surface area contributed by atoms with E-state index in [1.165, 1.54) is 0 Å². The van der Waals surface area contributed by atoms with Gasteiger partial charge in [0, 0.05) is 40.9 Å². The van der Waals surface area contributed by atoms with E-state index in [-0.39, 0.29) is 10.8 Å². The molecule has 3 aromatic rings. The second-order valence-electron chi connectivity index (χ2n) is 9.17. The molecular formula is C22H29N5. The molecule has 0 saturated carbocycles. The van der Waals surface area contributed by atoms with Crippen molar-refractivity contribution in [2.45, 2.75) is 59.3 Å². The molecule has 142 valence electrons. The Morgan fingerprint density at radius 2 is 1.37 bits per heavy atom. The van der Waals surface area contributed by atoms with Crippen LogP contribution in [0.2, 0.25) is 0 Å². The van der Waals surface area contributed by atoms with Gasteiger partial charge in [-0.15, -0.1) is 0 Å². The van der Waals surface area contributed by atoms with Gasteiger partial charge in [-0.05, 0) is 13.0 Å². The van der Waals surface area contributed by atoms with E-state index in [0.29, 0.717) is 5.82 Å². The molecule has 1 aromatic carbocycles. The van der Waals surface area contributed by atoms with Crippen LogP contribution < -0.4 is 0 Å². The third-order valence-corrected chi connectivity index (χ3v) is 4.58. The van der Waals surface area contributed by atoms with Crippen LogP contribution in [0.3, 0.4) is 0 Å². The van der Waals surface area contributed by atoms with Gasteiger partial charge < -0.3 is 4.57 Å². The summed E-state index contributed by atoms with van der Waals surface area (Å²) in [5.74, 6) is 3.29. The van der Waals surface area contributed by atoms with Gasteiger partial charge in [0.1, 0.15) is 17.5 Å². The molecule has 0 unspecified atom stereocenters. The highest BCUT2D eigenvalue weighted by molar-refractivity contribution is 5.66. The minimum atomic E-state index is -0.147. The van der Waals surface area contributed by atoms with Crippen LogP contribution in [-0.4, -0.2) is 24.5 Å². The number of hydrogen-bond donors (Lipinski definition) is 0. The van der Waals surface area contributed by atoms with Crippen molar-refractivity contribution in [1.29, 1.82) is 0 Å². The summed E-state index contributed by atoms with van der Waals surface area (Å²) in [6.07, 6.45) is 1.89. The second-order valence-corrected chi connectivity index (χ2v) is 9.17. The molecule has 5 nitrogen and oxygen atoms in total. The van der Waals surface area contributed by atoms with Gasteiger partial charge in [0.25, 0.3) is 0 Å². The van der Waals surface area contributed by atoms with E-state index in [1.54, 1.807) is 0 Å². The third kappa shape index (κ3) is 3.92. The summed E-state index contributed by atoms with van der Waals surface area (Å²) in [7, 11) is 2.03. The van der Waals surface area contributed by atoms with Gasteiger partial charge in [0.2, 0.25) is 0 Å². The molecule has 0 aliphatic rings. The molecule has 2 aromatic heterocycles. The van der Waals surface area contributed by atoms with Crippen LogP contribution in [0.15, 0.2) is 30.5 Å². The topological polar surface area (TPSA) is 56.5 Å². The maximum Gasteiger partial charge on any atom is 0.163 e. The Bertz CT molecular complexity index is 939. The minimum absolute atomic E-state index is 0.147. The molecular weight excluding hydrogens is 334 g/mol. The van der Waals surface area contributed by atoms with Crippen LogP contribution in [0.25, 0.3) is 22.8 Å². The fourth-order valence-electron chi connectivity index (χ4n) is 2.74. The largest absolute Gasteiger partial charge is 0.331 e. The van der Waals surface area contributed by atoms with Gasteiger partial charge in [-0.2, -0.15) is 0 Å². The first kappa shape index (κ1) is 19.2. The normalized spacial score (nSPS) is 12.4. The van der Waals surface area contributed by atoms with Crippen molar-refractivity contribution in [3.05, 3.63) is 47.8 Å². The number of rotatable bonds is 2. The lowest BCUT2D eigenvalue weighted by Crippen LogP contribution is -2.24. The van der Waals surface area contributed by atoms with Crippen molar-refractivity contribution in [3.8, 4) is 22.8 Å². The van der Waals surface area contributed by atoms with Crippen LogP contribution in [0.5, 0.6) is 0 Å². The maximum absolute atomic E-state index is 4.80. The highest BCUT2D eigenvalue weighted by Crippen LogP contribution is 2.28. The first-order valence-corrected chi connectivity index (χ1v) is 9.33. The first-order valence-electron chi connectivity index (χ1n) is 9.33. The molecule has 0 spiro atoms. The molecule has 0 saturated heterocycles. The highest BCUT2D eigenvalue weighted by Gasteiger charge is 2.25. The molecule has 0 N–H and O–H groups in total. The van der Waals surface area contributed by atoms with E-state index in [1.807, 2.05) is 25.4 Å². The Hall–Kier alpha value is -2.56. The lowest BCUT2D eigenvalue weighted by atomic mass is 9.93. The average molecular weight is 364 g/mol. The van der Waals surface area contributed by atoms with Gasteiger partial charge >= 0.3 is 0 Å². The van der Waals surface area contributed by atoms with Gasteiger partial charge in [0.05, 0.1) is 0 Å². The fourth-order valence-corrected chi connectivity index (χ4v) is 2.74. The molecule has 0 radical (unpaired) electrons. The van der Waals surface area contributed by atoms with Crippen LogP contribution in [-0.2, 0) is 17.9 Å². The molecule has 0 bridgehead atoms. The summed E-state index contributed by atoms with van der Waals surface area (Å²) in [5, 5.41) is 0. The van der Waals surface area contributed by atoms with Gasteiger partial charge in [-0.3, -0.25) is 0 Å². The van der Waals surface area contributed by atoms with Crippen molar-refractivity contribution in [1.82, 2.24) is 24.5 Å². The van der Waals surface area contributed by atoms with Crippen molar-refractivity contribution in [2.75, 3.05) is 0 Å². The van der Waals surface area contributed by atoms with E-state index < -0.39 is 0 Å². The van der Waals surface area contributed by atoms with Crippen molar-refractivity contribution < 1.29 is 0 Å². The third-order valence-electron chi connectivity index (χ3n) is 4.58. The number of imidazole rings is 1. The Morgan fingerprint density at radius 1 is 0.815 bits per heavy atom. The predicted molar refractivity (Wildman–Crippen MR) is 110 cm³/mol. The molecule has 3 rings (SSSR count). The monoisotopic (exact) mass is 363 g/mol. The van der Waals surface area contributed by atoms with E-state index in [2.05, 4.69) is 70.1 Å². The van der Waals surface area contributed by atoms with Crippen molar-refractivity contribution in [3.63, 3.8) is 0 Å². The lowest BCUT2D eigenvalue weighted by Gasteiger charge is -2.22. The molecule has 5 heteroatoms. The van der Waals surface area contributed by atoms with Crippen LogP contribution in [0.1, 0.15) is 58.9 Å². The molecule has 0 aliphatic carbocycles. The number of aromatic nitrogens is 5. The zero-order chi connectivity index (χ0) is 20.0. The molecule has 0 atom stereocenters. The second kappa shape index (κ2) is 6.55. The van der Waals surface area contributed by atoms with Gasteiger partial charge in [0.15, 0.2) is 5.82 Å². The standard InChI is InChI=1S/C22H29N5/c1-14-13-23-18(27(14)8)16-11-9-10-15(12-16)17-24-19(21(2,3)4)26-20(25-17)22(5,6)7/h9-13H,1-8H3. The van der Waals surface area contributed by atoms with Crippen LogP contribution in [0.4, 0.5) is 0 Å². The molecule has 27 heavy (non-hydrogen) atoms. The predicted octanol–water partition coefficient (Wildman–Crippen LogP) is 4.84. The lowest BCUT2D eigenvalue weighted by molar-refractivity contribution is 0.497. The smallest absolute Gasteiger partial charge is 0.163 e. The summed E-state index contributed by atoms with van der Waals surface area (Å²) in [6, 6.07) is 8.26. The average Bonchev–Trinajstić information content (AvgIpc) is 2.92. The van der Waals surface area contributed by atoms with Crippen molar-refractivity contribution in [2.24, 2.45) is 7.05 Å². The Morgan fingerprint density at radius 3 is 1.85 bits per heavy atom. The SMILES string of the molecule is Cc1cnc(-c2cccc(-c3nc(C(C)(C)C)nc(C(C)(C)C)n3)c2)n1C.